The summed E-state index contributed by atoms with van der Waals surface area (Å²) in [4.78, 5) is 16.2. The van der Waals surface area contributed by atoms with Crippen LogP contribution >= 0.6 is 11.3 Å². The van der Waals surface area contributed by atoms with Gasteiger partial charge in [0.15, 0.2) is 10.9 Å². The number of anilines is 2. The summed E-state index contributed by atoms with van der Waals surface area (Å²) in [5.41, 5.74) is 8.11. The molecule has 0 aliphatic heterocycles. The second-order valence-electron chi connectivity index (χ2n) is 4.09. The van der Waals surface area contributed by atoms with Crippen molar-refractivity contribution in [1.82, 2.24) is 4.98 Å². The Morgan fingerprint density at radius 1 is 1.30 bits per heavy atom. The first kappa shape index (κ1) is 12.4. The Morgan fingerprint density at radius 2 is 2.20 bits per heavy atom. The molecule has 0 aliphatic rings. The van der Waals surface area contributed by atoms with E-state index in [0.29, 0.717) is 10.8 Å². The second kappa shape index (κ2) is 5.18. The van der Waals surface area contributed by atoms with Gasteiger partial charge < -0.3 is 10.2 Å². The van der Waals surface area contributed by atoms with Crippen LogP contribution in [0.15, 0.2) is 52.5 Å². The Kier molecular flexibility index (Phi) is 3.22. The van der Waals surface area contributed by atoms with Crippen molar-refractivity contribution in [3.05, 3.63) is 53.8 Å². The minimum atomic E-state index is -0.316. The molecule has 0 radical (unpaired) electrons. The van der Waals surface area contributed by atoms with Crippen LogP contribution in [-0.2, 0) is 0 Å². The van der Waals surface area contributed by atoms with Gasteiger partial charge in [-0.25, -0.2) is 4.98 Å². The number of aromatic nitrogens is 1. The third-order valence-corrected chi connectivity index (χ3v) is 3.41. The van der Waals surface area contributed by atoms with Gasteiger partial charge in [-0.15, -0.1) is 11.3 Å². The Labute approximate surface area is 119 Å². The van der Waals surface area contributed by atoms with Gasteiger partial charge in [-0.3, -0.25) is 10.1 Å². The maximum atomic E-state index is 11.8. The summed E-state index contributed by atoms with van der Waals surface area (Å²) in [6.45, 7) is 0. The van der Waals surface area contributed by atoms with E-state index in [4.69, 9.17) is 10.2 Å². The van der Waals surface area contributed by atoms with Crippen molar-refractivity contribution in [3.63, 3.8) is 0 Å². The van der Waals surface area contributed by atoms with Gasteiger partial charge in [-0.05, 0) is 24.3 Å². The molecule has 0 saturated heterocycles. The molecular weight excluding hydrogens is 274 g/mol. The average molecular weight is 285 g/mol. The highest BCUT2D eigenvalue weighted by Gasteiger charge is 2.11. The number of amides is 1. The van der Waals surface area contributed by atoms with E-state index in [-0.39, 0.29) is 11.7 Å². The van der Waals surface area contributed by atoms with Gasteiger partial charge in [0.2, 0.25) is 0 Å². The topological polar surface area (TPSA) is 81.1 Å². The number of furan rings is 1. The van der Waals surface area contributed by atoms with E-state index in [2.05, 4.69) is 10.3 Å². The molecule has 0 atom stereocenters. The van der Waals surface area contributed by atoms with Crippen LogP contribution in [0.1, 0.15) is 10.6 Å². The van der Waals surface area contributed by atoms with Crippen LogP contribution in [0.3, 0.4) is 0 Å². The number of hydrogen-bond donors (Lipinski definition) is 2. The number of nitrogen functional groups attached to an aromatic ring is 1. The maximum absolute atomic E-state index is 11.8. The van der Waals surface area contributed by atoms with E-state index in [1.165, 1.54) is 17.6 Å². The zero-order chi connectivity index (χ0) is 13.9. The fourth-order valence-corrected chi connectivity index (χ4v) is 2.44. The number of nitrogens with zero attached hydrogens (tertiary/aromatic N) is 1. The lowest BCUT2D eigenvalue weighted by Gasteiger charge is -1.99. The smallest absolute Gasteiger partial charge is 0.293 e. The molecular formula is C14H11N3O2S. The molecule has 3 N–H and O–H groups in total. The normalized spacial score (nSPS) is 10.4. The summed E-state index contributed by atoms with van der Waals surface area (Å²) in [6, 6.07) is 10.7. The Bertz CT molecular complexity index is 734. The lowest BCUT2D eigenvalue weighted by Crippen LogP contribution is -2.10. The largest absolute Gasteiger partial charge is 0.459 e. The number of nitrogens with two attached hydrogens (primary N) is 1. The molecule has 5 nitrogen and oxygen atoms in total. The highest BCUT2D eigenvalue weighted by atomic mass is 32.1. The predicted molar refractivity (Wildman–Crippen MR) is 78.6 cm³/mol. The summed E-state index contributed by atoms with van der Waals surface area (Å²) in [6.07, 6.45) is 1.45. The molecule has 3 rings (SSSR count). The lowest BCUT2D eigenvalue weighted by molar-refractivity contribution is 0.0996. The third kappa shape index (κ3) is 2.55. The van der Waals surface area contributed by atoms with Gasteiger partial charge in [-0.1, -0.05) is 12.1 Å². The number of benzene rings is 1. The third-order valence-electron chi connectivity index (χ3n) is 2.65. The second-order valence-corrected chi connectivity index (χ2v) is 4.95. The zero-order valence-electron chi connectivity index (χ0n) is 10.4. The molecule has 1 amide bonds. The van der Waals surface area contributed by atoms with Crippen molar-refractivity contribution in [3.8, 4) is 11.3 Å². The highest BCUT2D eigenvalue weighted by molar-refractivity contribution is 7.14. The summed E-state index contributed by atoms with van der Waals surface area (Å²) in [7, 11) is 0. The van der Waals surface area contributed by atoms with Crippen molar-refractivity contribution < 1.29 is 9.21 Å². The van der Waals surface area contributed by atoms with E-state index in [0.717, 1.165) is 11.3 Å². The summed E-state index contributed by atoms with van der Waals surface area (Å²) >= 11 is 1.35. The minimum absolute atomic E-state index is 0.255. The van der Waals surface area contributed by atoms with Crippen molar-refractivity contribution in [2.24, 2.45) is 0 Å². The SMILES string of the molecule is Nc1cccc(-c2csc(NC(=O)c3ccco3)n2)c1. The van der Waals surface area contributed by atoms with E-state index in [1.807, 2.05) is 29.6 Å². The number of thiazole rings is 1. The van der Waals surface area contributed by atoms with Crippen LogP contribution < -0.4 is 11.1 Å². The first-order valence-electron chi connectivity index (χ1n) is 5.89. The molecule has 0 bridgehead atoms. The lowest BCUT2D eigenvalue weighted by atomic mass is 10.1. The number of nitrogens with one attached hydrogen (secondary N) is 1. The van der Waals surface area contributed by atoms with Crippen molar-refractivity contribution in [2.75, 3.05) is 11.1 Å². The molecule has 0 spiro atoms. The van der Waals surface area contributed by atoms with Gasteiger partial charge in [0, 0.05) is 16.6 Å². The van der Waals surface area contributed by atoms with Crippen LogP contribution in [0.2, 0.25) is 0 Å². The summed E-state index contributed by atoms with van der Waals surface area (Å²) < 4.78 is 5.02. The van der Waals surface area contributed by atoms with E-state index >= 15 is 0 Å². The average Bonchev–Trinajstić information content (AvgIpc) is 3.10. The van der Waals surface area contributed by atoms with Crippen molar-refractivity contribution in [2.45, 2.75) is 0 Å². The summed E-state index contributed by atoms with van der Waals surface area (Å²) in [5, 5.41) is 5.08. The van der Waals surface area contributed by atoms with Crippen molar-refractivity contribution in [1.29, 1.82) is 0 Å². The molecule has 0 aliphatic carbocycles. The standard InChI is InChI=1S/C14H11N3O2S/c15-10-4-1-3-9(7-10)11-8-20-14(16-11)17-13(18)12-5-2-6-19-12/h1-8H,15H2,(H,16,17,18). The Balaban J connectivity index is 1.79. The number of carbonyl (C=O) groups excluding carboxylic acids is 1. The molecule has 100 valence electrons. The first-order valence-corrected chi connectivity index (χ1v) is 6.76. The summed E-state index contributed by atoms with van der Waals surface area (Å²) in [5.74, 6) is -0.0609. The van der Waals surface area contributed by atoms with Gasteiger partial charge in [0.05, 0.1) is 12.0 Å². The molecule has 0 saturated carbocycles. The molecule has 2 heterocycles. The quantitative estimate of drug-likeness (QED) is 0.724. The highest BCUT2D eigenvalue weighted by Crippen LogP contribution is 2.26. The fraction of sp³-hybridized carbons (Fsp3) is 0. The fourth-order valence-electron chi connectivity index (χ4n) is 1.73. The number of rotatable bonds is 3. The Hall–Kier alpha value is -2.60. The molecule has 0 unspecified atom stereocenters. The van der Waals surface area contributed by atoms with Crippen LogP contribution in [0.4, 0.5) is 10.8 Å². The van der Waals surface area contributed by atoms with Crippen LogP contribution in [0.25, 0.3) is 11.3 Å². The molecule has 2 aromatic heterocycles. The number of hydrogen-bond acceptors (Lipinski definition) is 5. The predicted octanol–water partition coefficient (Wildman–Crippen LogP) is 3.24. The molecule has 1 aromatic carbocycles. The van der Waals surface area contributed by atoms with Gasteiger partial charge >= 0.3 is 0 Å². The van der Waals surface area contributed by atoms with Gasteiger partial charge in [-0.2, -0.15) is 0 Å². The number of carbonyl (C=O) groups is 1. The van der Waals surface area contributed by atoms with Crippen LogP contribution in [0.5, 0.6) is 0 Å². The van der Waals surface area contributed by atoms with Gasteiger partial charge in [0.25, 0.3) is 5.91 Å². The first-order chi connectivity index (χ1) is 9.72. The van der Waals surface area contributed by atoms with E-state index in [1.54, 1.807) is 12.1 Å². The Morgan fingerprint density at radius 3 is 2.95 bits per heavy atom. The maximum Gasteiger partial charge on any atom is 0.293 e. The van der Waals surface area contributed by atoms with Gasteiger partial charge in [0.1, 0.15) is 0 Å². The van der Waals surface area contributed by atoms with Crippen molar-refractivity contribution >= 4 is 28.1 Å². The van der Waals surface area contributed by atoms with Crippen LogP contribution in [0, 0.1) is 0 Å². The molecule has 6 heteroatoms. The molecule has 20 heavy (non-hydrogen) atoms. The van der Waals surface area contributed by atoms with E-state index in [9.17, 15) is 4.79 Å². The molecule has 3 aromatic rings. The minimum Gasteiger partial charge on any atom is -0.459 e. The van der Waals surface area contributed by atoms with Crippen LogP contribution in [-0.4, -0.2) is 10.9 Å². The zero-order valence-corrected chi connectivity index (χ0v) is 11.2. The monoisotopic (exact) mass is 285 g/mol. The van der Waals surface area contributed by atoms with E-state index < -0.39 is 0 Å². The molecule has 0 fully saturated rings.